The van der Waals surface area contributed by atoms with Crippen LogP contribution in [0.15, 0.2) is 18.2 Å². The topological polar surface area (TPSA) is 29.9 Å². The Morgan fingerprint density at radius 1 is 1.47 bits per heavy atom. The van der Waals surface area contributed by atoms with Gasteiger partial charge >= 0.3 is 0 Å². The number of nitrogens with zero attached hydrogens (tertiary/aromatic N) is 2. The number of fused-ring (bicyclic) bond motifs is 1. The van der Waals surface area contributed by atoms with Gasteiger partial charge in [-0.15, -0.1) is 0 Å². The standard InChI is InChI=1S/C13H16FN3/c1-9-16-12-5-4-10(14)7-13(12)17(9)11-3-2-6-15-8-11/h4-5,7,11,15H,2-3,6,8H2,1H3. The lowest BCUT2D eigenvalue weighted by Gasteiger charge is -2.25. The summed E-state index contributed by atoms with van der Waals surface area (Å²) in [6, 6.07) is 5.21. The minimum atomic E-state index is -0.192. The number of hydrogen-bond acceptors (Lipinski definition) is 2. The van der Waals surface area contributed by atoms with Gasteiger partial charge in [-0.3, -0.25) is 0 Å². The quantitative estimate of drug-likeness (QED) is 0.819. The second-order valence-corrected chi connectivity index (χ2v) is 4.66. The SMILES string of the molecule is Cc1nc2ccc(F)cc2n1C1CCCNC1. The van der Waals surface area contributed by atoms with E-state index in [1.54, 1.807) is 12.1 Å². The fourth-order valence-corrected chi connectivity index (χ4v) is 2.70. The Balaban J connectivity index is 2.13. The zero-order chi connectivity index (χ0) is 11.8. The fraction of sp³-hybridized carbons (Fsp3) is 0.462. The molecule has 1 N–H and O–H groups in total. The van der Waals surface area contributed by atoms with E-state index in [-0.39, 0.29) is 5.82 Å². The number of nitrogens with one attached hydrogen (secondary N) is 1. The molecule has 1 aromatic heterocycles. The number of benzene rings is 1. The van der Waals surface area contributed by atoms with Crippen LogP contribution in [-0.4, -0.2) is 22.6 Å². The highest BCUT2D eigenvalue weighted by atomic mass is 19.1. The third-order valence-corrected chi connectivity index (χ3v) is 3.46. The first kappa shape index (κ1) is 10.7. The van der Waals surface area contributed by atoms with Crippen LogP contribution in [0.25, 0.3) is 11.0 Å². The number of hydrogen-bond donors (Lipinski definition) is 1. The first-order valence-corrected chi connectivity index (χ1v) is 6.10. The predicted molar refractivity (Wildman–Crippen MR) is 65.6 cm³/mol. The van der Waals surface area contributed by atoms with Crippen LogP contribution in [0.4, 0.5) is 4.39 Å². The van der Waals surface area contributed by atoms with Gasteiger partial charge in [0.2, 0.25) is 0 Å². The summed E-state index contributed by atoms with van der Waals surface area (Å²) in [5.41, 5.74) is 1.80. The minimum Gasteiger partial charge on any atom is -0.324 e. The van der Waals surface area contributed by atoms with Gasteiger partial charge in [0.25, 0.3) is 0 Å². The molecule has 1 fully saturated rings. The predicted octanol–water partition coefficient (Wildman–Crippen LogP) is 2.41. The van der Waals surface area contributed by atoms with E-state index in [1.807, 2.05) is 6.92 Å². The molecular formula is C13H16FN3. The summed E-state index contributed by atoms with van der Waals surface area (Å²) in [5.74, 6) is 0.779. The smallest absolute Gasteiger partial charge is 0.125 e. The van der Waals surface area contributed by atoms with Crippen LogP contribution in [0.2, 0.25) is 0 Å². The molecule has 1 aliphatic rings. The van der Waals surface area contributed by atoms with Crippen molar-refractivity contribution < 1.29 is 4.39 Å². The Kier molecular flexibility index (Phi) is 2.59. The summed E-state index contributed by atoms with van der Waals surface area (Å²) >= 11 is 0. The molecule has 1 atom stereocenters. The molecule has 0 spiro atoms. The number of imidazole rings is 1. The lowest BCUT2D eigenvalue weighted by molar-refractivity contribution is 0.373. The molecular weight excluding hydrogens is 217 g/mol. The van der Waals surface area contributed by atoms with E-state index in [0.717, 1.165) is 36.4 Å². The van der Waals surface area contributed by atoms with Crippen LogP contribution in [0.3, 0.4) is 0 Å². The van der Waals surface area contributed by atoms with Gasteiger partial charge < -0.3 is 9.88 Å². The van der Waals surface area contributed by atoms with Gasteiger partial charge in [0.05, 0.1) is 11.0 Å². The molecule has 2 aromatic rings. The lowest BCUT2D eigenvalue weighted by Crippen LogP contribution is -2.32. The zero-order valence-electron chi connectivity index (χ0n) is 9.91. The number of aromatic nitrogens is 2. The maximum Gasteiger partial charge on any atom is 0.125 e. The van der Waals surface area contributed by atoms with Crippen LogP contribution >= 0.6 is 0 Å². The van der Waals surface area contributed by atoms with E-state index >= 15 is 0 Å². The van der Waals surface area contributed by atoms with Crippen molar-refractivity contribution in [2.75, 3.05) is 13.1 Å². The second kappa shape index (κ2) is 4.11. The van der Waals surface area contributed by atoms with Gasteiger partial charge in [0.1, 0.15) is 11.6 Å². The maximum absolute atomic E-state index is 13.3. The van der Waals surface area contributed by atoms with Gasteiger partial charge in [-0.2, -0.15) is 0 Å². The van der Waals surface area contributed by atoms with Crippen molar-refractivity contribution in [2.24, 2.45) is 0 Å². The molecule has 4 heteroatoms. The van der Waals surface area contributed by atoms with Gasteiger partial charge in [-0.1, -0.05) is 0 Å². The summed E-state index contributed by atoms with van der Waals surface area (Å²) in [4.78, 5) is 4.50. The van der Waals surface area contributed by atoms with Crippen molar-refractivity contribution in [3.8, 4) is 0 Å². The zero-order valence-corrected chi connectivity index (χ0v) is 9.91. The van der Waals surface area contributed by atoms with E-state index in [4.69, 9.17) is 0 Å². The molecule has 2 heterocycles. The Bertz CT molecular complexity index is 541. The van der Waals surface area contributed by atoms with Crippen molar-refractivity contribution in [1.82, 2.24) is 14.9 Å². The van der Waals surface area contributed by atoms with E-state index in [9.17, 15) is 4.39 Å². The van der Waals surface area contributed by atoms with Crippen LogP contribution in [0.1, 0.15) is 24.7 Å². The number of halogens is 1. The summed E-state index contributed by atoms with van der Waals surface area (Å²) in [6.07, 6.45) is 2.30. The Hall–Kier alpha value is -1.42. The van der Waals surface area contributed by atoms with Crippen molar-refractivity contribution in [3.05, 3.63) is 29.8 Å². The van der Waals surface area contributed by atoms with Crippen molar-refractivity contribution in [2.45, 2.75) is 25.8 Å². The maximum atomic E-state index is 13.3. The normalized spacial score (nSPS) is 20.9. The molecule has 0 bridgehead atoms. The minimum absolute atomic E-state index is 0.192. The van der Waals surface area contributed by atoms with Crippen LogP contribution in [-0.2, 0) is 0 Å². The molecule has 1 aromatic carbocycles. The molecule has 1 unspecified atom stereocenters. The number of piperidine rings is 1. The van der Waals surface area contributed by atoms with Gasteiger partial charge in [-0.25, -0.2) is 9.37 Å². The molecule has 0 aliphatic carbocycles. The van der Waals surface area contributed by atoms with Crippen LogP contribution < -0.4 is 5.32 Å². The van der Waals surface area contributed by atoms with E-state index < -0.39 is 0 Å². The number of rotatable bonds is 1. The highest BCUT2D eigenvalue weighted by Gasteiger charge is 2.19. The monoisotopic (exact) mass is 233 g/mol. The summed E-state index contributed by atoms with van der Waals surface area (Å²) in [6.45, 7) is 4.02. The molecule has 90 valence electrons. The molecule has 0 saturated carbocycles. The van der Waals surface area contributed by atoms with Crippen molar-refractivity contribution in [3.63, 3.8) is 0 Å². The second-order valence-electron chi connectivity index (χ2n) is 4.66. The van der Waals surface area contributed by atoms with Gasteiger partial charge in [0.15, 0.2) is 0 Å². The Labute approximate surface area is 99.7 Å². The molecule has 17 heavy (non-hydrogen) atoms. The summed E-state index contributed by atoms with van der Waals surface area (Å²) in [5, 5.41) is 3.39. The van der Waals surface area contributed by atoms with E-state index in [1.165, 1.54) is 12.5 Å². The molecule has 0 radical (unpaired) electrons. The largest absolute Gasteiger partial charge is 0.324 e. The lowest BCUT2D eigenvalue weighted by atomic mass is 10.1. The molecule has 3 nitrogen and oxygen atoms in total. The van der Waals surface area contributed by atoms with Gasteiger partial charge in [0, 0.05) is 12.6 Å². The summed E-state index contributed by atoms with van der Waals surface area (Å²) < 4.78 is 15.5. The molecule has 1 saturated heterocycles. The fourth-order valence-electron chi connectivity index (χ4n) is 2.70. The molecule has 1 aliphatic heterocycles. The molecule has 3 rings (SSSR count). The Morgan fingerprint density at radius 3 is 3.12 bits per heavy atom. The number of aryl methyl sites for hydroxylation is 1. The Morgan fingerprint density at radius 2 is 2.35 bits per heavy atom. The van der Waals surface area contributed by atoms with E-state index in [2.05, 4.69) is 14.9 Å². The van der Waals surface area contributed by atoms with Crippen LogP contribution in [0, 0.1) is 12.7 Å². The third kappa shape index (κ3) is 1.82. The average molecular weight is 233 g/mol. The van der Waals surface area contributed by atoms with Crippen molar-refractivity contribution in [1.29, 1.82) is 0 Å². The highest BCUT2D eigenvalue weighted by molar-refractivity contribution is 5.76. The van der Waals surface area contributed by atoms with Crippen molar-refractivity contribution >= 4 is 11.0 Å². The van der Waals surface area contributed by atoms with Crippen LogP contribution in [0.5, 0.6) is 0 Å². The van der Waals surface area contributed by atoms with E-state index in [0.29, 0.717) is 6.04 Å². The highest BCUT2D eigenvalue weighted by Crippen LogP contribution is 2.25. The first-order valence-electron chi connectivity index (χ1n) is 6.10. The third-order valence-electron chi connectivity index (χ3n) is 3.46. The van der Waals surface area contributed by atoms with Gasteiger partial charge in [-0.05, 0) is 44.5 Å². The summed E-state index contributed by atoms with van der Waals surface area (Å²) in [7, 11) is 0. The average Bonchev–Trinajstić information content (AvgIpc) is 2.65. The first-order chi connectivity index (χ1) is 8.25. The molecule has 0 amide bonds.